The molecule has 1 aromatic rings. The van der Waals surface area contributed by atoms with Crippen molar-refractivity contribution in [3.05, 3.63) is 29.6 Å². The van der Waals surface area contributed by atoms with Crippen molar-refractivity contribution in [2.24, 2.45) is 5.73 Å². The maximum atomic E-state index is 12.5. The first-order chi connectivity index (χ1) is 9.92. The Balaban J connectivity index is 2.25. The molecule has 1 aliphatic heterocycles. The largest absolute Gasteiger partial charge is 0.444 e. The molecule has 0 saturated carbocycles. The average Bonchev–Trinajstić information content (AvgIpc) is 2.45. The quantitative estimate of drug-likeness (QED) is 0.909. The molecule has 0 radical (unpaired) electrons. The Morgan fingerprint density at radius 3 is 2.90 bits per heavy atom. The molecule has 1 saturated heterocycles. The molecule has 5 heteroatoms. The van der Waals surface area contributed by atoms with Gasteiger partial charge in [-0.2, -0.15) is 0 Å². The van der Waals surface area contributed by atoms with Crippen LogP contribution in [0.3, 0.4) is 0 Å². The van der Waals surface area contributed by atoms with E-state index in [1.54, 1.807) is 12.4 Å². The van der Waals surface area contributed by atoms with Crippen LogP contribution in [0, 0.1) is 0 Å². The molecule has 1 fully saturated rings. The van der Waals surface area contributed by atoms with E-state index in [1.165, 1.54) is 0 Å². The normalized spacial score (nSPS) is 19.4. The third-order valence-electron chi connectivity index (χ3n) is 3.65. The zero-order valence-corrected chi connectivity index (χ0v) is 13.1. The third kappa shape index (κ3) is 3.94. The van der Waals surface area contributed by atoms with Crippen molar-refractivity contribution in [2.45, 2.75) is 58.2 Å². The lowest BCUT2D eigenvalue weighted by Crippen LogP contribution is -2.42. The summed E-state index contributed by atoms with van der Waals surface area (Å²) in [5.41, 5.74) is 7.42. The van der Waals surface area contributed by atoms with Crippen LogP contribution in [0.25, 0.3) is 0 Å². The fourth-order valence-corrected chi connectivity index (χ4v) is 2.73. The molecule has 1 aliphatic rings. The fraction of sp³-hybridized carbons (Fsp3) is 0.625. The predicted octanol–water partition coefficient (Wildman–Crippen LogP) is 3.00. The highest BCUT2D eigenvalue weighted by molar-refractivity contribution is 5.69. The van der Waals surface area contributed by atoms with Crippen LogP contribution in [0.4, 0.5) is 4.79 Å². The second-order valence-corrected chi connectivity index (χ2v) is 6.46. The zero-order valence-electron chi connectivity index (χ0n) is 13.1. The molecule has 5 nitrogen and oxygen atoms in total. The van der Waals surface area contributed by atoms with E-state index in [2.05, 4.69) is 4.98 Å². The number of likely N-dealkylation sites (tertiary alicyclic amines) is 1. The van der Waals surface area contributed by atoms with E-state index < -0.39 is 5.60 Å². The first-order valence-electron chi connectivity index (χ1n) is 7.55. The van der Waals surface area contributed by atoms with Gasteiger partial charge in [-0.1, -0.05) is 0 Å². The smallest absolute Gasteiger partial charge is 0.410 e. The van der Waals surface area contributed by atoms with Crippen molar-refractivity contribution >= 4 is 6.09 Å². The first kappa shape index (κ1) is 15.8. The number of piperidine rings is 1. The Labute approximate surface area is 126 Å². The number of aromatic nitrogens is 1. The van der Waals surface area contributed by atoms with Crippen LogP contribution in [-0.2, 0) is 11.3 Å². The summed E-state index contributed by atoms with van der Waals surface area (Å²) in [6.45, 7) is 6.83. The molecule has 1 aromatic heterocycles. The lowest BCUT2D eigenvalue weighted by atomic mass is 9.93. The van der Waals surface area contributed by atoms with Gasteiger partial charge in [0.1, 0.15) is 5.60 Å². The molecule has 1 atom stereocenters. The standard InChI is InChI=1S/C16H25N3O2/c1-16(2,3)21-15(20)19-9-5-4-6-14(19)13-7-8-18-11-12(13)10-17/h7-8,11,14H,4-6,9-10,17H2,1-3H3. The van der Waals surface area contributed by atoms with Gasteiger partial charge >= 0.3 is 6.09 Å². The summed E-state index contributed by atoms with van der Waals surface area (Å²) in [6, 6.07) is 2.00. The minimum atomic E-state index is -0.478. The molecule has 2 heterocycles. The van der Waals surface area contributed by atoms with Gasteiger partial charge in [-0.3, -0.25) is 4.98 Å². The van der Waals surface area contributed by atoms with E-state index in [4.69, 9.17) is 10.5 Å². The van der Waals surface area contributed by atoms with E-state index in [0.717, 1.165) is 36.9 Å². The lowest BCUT2D eigenvalue weighted by Gasteiger charge is -2.37. The van der Waals surface area contributed by atoms with Crippen LogP contribution in [0.2, 0.25) is 0 Å². The second kappa shape index (κ2) is 6.43. The fourth-order valence-electron chi connectivity index (χ4n) is 2.73. The Hall–Kier alpha value is -1.62. The summed E-state index contributed by atoms with van der Waals surface area (Å²) in [6.07, 6.45) is 6.37. The number of carbonyl (C=O) groups excluding carboxylic acids is 1. The summed E-state index contributed by atoms with van der Waals surface area (Å²) in [5.74, 6) is 0. The minimum Gasteiger partial charge on any atom is -0.444 e. The molecule has 0 spiro atoms. The van der Waals surface area contributed by atoms with Gasteiger partial charge in [0.15, 0.2) is 0 Å². The van der Waals surface area contributed by atoms with Crippen LogP contribution in [-0.4, -0.2) is 28.1 Å². The summed E-state index contributed by atoms with van der Waals surface area (Å²) in [7, 11) is 0. The molecule has 0 bridgehead atoms. The lowest BCUT2D eigenvalue weighted by molar-refractivity contribution is 0.00941. The van der Waals surface area contributed by atoms with Crippen molar-refractivity contribution < 1.29 is 9.53 Å². The highest BCUT2D eigenvalue weighted by Crippen LogP contribution is 2.33. The third-order valence-corrected chi connectivity index (χ3v) is 3.65. The molecule has 0 aliphatic carbocycles. The summed E-state index contributed by atoms with van der Waals surface area (Å²) in [4.78, 5) is 18.4. The molecule has 2 rings (SSSR count). The van der Waals surface area contributed by atoms with Gasteiger partial charge in [-0.25, -0.2) is 4.79 Å². The molecule has 0 aromatic carbocycles. The number of nitrogens with zero attached hydrogens (tertiary/aromatic N) is 2. The number of pyridine rings is 1. The molecule has 1 amide bonds. The zero-order chi connectivity index (χ0) is 15.5. The SMILES string of the molecule is CC(C)(C)OC(=O)N1CCCCC1c1ccncc1CN. The number of rotatable bonds is 2. The maximum Gasteiger partial charge on any atom is 0.410 e. The maximum absolute atomic E-state index is 12.5. The van der Waals surface area contributed by atoms with Gasteiger partial charge < -0.3 is 15.4 Å². The van der Waals surface area contributed by atoms with Gasteiger partial charge in [0.2, 0.25) is 0 Å². The van der Waals surface area contributed by atoms with Gasteiger partial charge in [-0.15, -0.1) is 0 Å². The molecule has 2 N–H and O–H groups in total. The Bertz CT molecular complexity index is 497. The van der Waals surface area contributed by atoms with Crippen molar-refractivity contribution in [3.63, 3.8) is 0 Å². The summed E-state index contributed by atoms with van der Waals surface area (Å²) in [5, 5.41) is 0. The van der Waals surface area contributed by atoms with Gasteiger partial charge in [0.05, 0.1) is 6.04 Å². The topological polar surface area (TPSA) is 68.5 Å². The molecule has 1 unspecified atom stereocenters. The van der Waals surface area contributed by atoms with Gasteiger partial charge in [0, 0.05) is 25.5 Å². The van der Waals surface area contributed by atoms with Crippen LogP contribution in [0.15, 0.2) is 18.5 Å². The Morgan fingerprint density at radius 2 is 2.24 bits per heavy atom. The summed E-state index contributed by atoms with van der Waals surface area (Å²) >= 11 is 0. The van der Waals surface area contributed by atoms with E-state index in [9.17, 15) is 4.79 Å². The number of carbonyl (C=O) groups is 1. The van der Waals surface area contributed by atoms with E-state index in [-0.39, 0.29) is 12.1 Å². The highest BCUT2D eigenvalue weighted by atomic mass is 16.6. The van der Waals surface area contributed by atoms with Gasteiger partial charge in [-0.05, 0) is 57.2 Å². The second-order valence-electron chi connectivity index (χ2n) is 6.46. The monoisotopic (exact) mass is 291 g/mol. The number of nitrogens with two attached hydrogens (primary N) is 1. The number of hydrogen-bond acceptors (Lipinski definition) is 4. The van der Waals surface area contributed by atoms with E-state index in [0.29, 0.717) is 6.54 Å². The molecular formula is C16H25N3O2. The molecular weight excluding hydrogens is 266 g/mol. The van der Waals surface area contributed by atoms with Crippen LogP contribution < -0.4 is 5.73 Å². The summed E-state index contributed by atoms with van der Waals surface area (Å²) < 4.78 is 5.54. The van der Waals surface area contributed by atoms with Crippen molar-refractivity contribution in [1.29, 1.82) is 0 Å². The highest BCUT2D eigenvalue weighted by Gasteiger charge is 2.32. The predicted molar refractivity (Wildman–Crippen MR) is 81.7 cm³/mol. The number of ether oxygens (including phenoxy) is 1. The molecule has 116 valence electrons. The van der Waals surface area contributed by atoms with E-state index >= 15 is 0 Å². The first-order valence-corrected chi connectivity index (χ1v) is 7.55. The average molecular weight is 291 g/mol. The van der Waals surface area contributed by atoms with Crippen molar-refractivity contribution in [3.8, 4) is 0 Å². The number of hydrogen-bond donors (Lipinski definition) is 1. The van der Waals surface area contributed by atoms with E-state index in [1.807, 2.05) is 31.7 Å². The van der Waals surface area contributed by atoms with Gasteiger partial charge in [0.25, 0.3) is 0 Å². The Morgan fingerprint density at radius 1 is 1.48 bits per heavy atom. The van der Waals surface area contributed by atoms with Crippen LogP contribution >= 0.6 is 0 Å². The Kier molecular flexibility index (Phi) is 4.83. The van der Waals surface area contributed by atoms with Crippen LogP contribution in [0.5, 0.6) is 0 Å². The van der Waals surface area contributed by atoms with Crippen molar-refractivity contribution in [1.82, 2.24) is 9.88 Å². The van der Waals surface area contributed by atoms with Crippen LogP contribution in [0.1, 0.15) is 57.2 Å². The molecule has 21 heavy (non-hydrogen) atoms. The minimum absolute atomic E-state index is 0.0372. The number of amides is 1. The van der Waals surface area contributed by atoms with Crippen molar-refractivity contribution in [2.75, 3.05) is 6.54 Å².